The number of hydrogen-bond donors (Lipinski definition) is 1. The molecule has 1 amide bonds. The summed E-state index contributed by atoms with van der Waals surface area (Å²) in [4.78, 5) is 16.1. The van der Waals surface area contributed by atoms with E-state index in [1.165, 1.54) is 13.3 Å². The second-order valence-corrected chi connectivity index (χ2v) is 4.87. The van der Waals surface area contributed by atoms with E-state index in [1.807, 2.05) is 0 Å². The van der Waals surface area contributed by atoms with E-state index < -0.39 is 0 Å². The van der Waals surface area contributed by atoms with Gasteiger partial charge in [-0.05, 0) is 18.9 Å². The van der Waals surface area contributed by atoms with Crippen molar-refractivity contribution in [3.63, 3.8) is 0 Å². The number of nitrogens with one attached hydrogen (secondary N) is 1. The summed E-state index contributed by atoms with van der Waals surface area (Å²) >= 11 is 6.03. The van der Waals surface area contributed by atoms with Gasteiger partial charge in [0.15, 0.2) is 0 Å². The summed E-state index contributed by atoms with van der Waals surface area (Å²) in [7, 11) is 1.52. The number of ether oxygens (including phenoxy) is 1. The van der Waals surface area contributed by atoms with Crippen molar-refractivity contribution in [2.45, 2.75) is 26.7 Å². The summed E-state index contributed by atoms with van der Waals surface area (Å²) < 4.78 is 5.13. The normalized spacial score (nSPS) is 11.2. The highest BCUT2D eigenvalue weighted by molar-refractivity contribution is 6.18. The van der Waals surface area contributed by atoms with E-state index >= 15 is 0 Å². The number of pyridine rings is 1. The maximum atomic E-state index is 12.2. The van der Waals surface area contributed by atoms with Crippen molar-refractivity contribution in [2.75, 3.05) is 19.5 Å². The minimum atomic E-state index is -0.157. The van der Waals surface area contributed by atoms with Gasteiger partial charge in [0, 0.05) is 24.0 Å². The Morgan fingerprint density at radius 2 is 2.16 bits per heavy atom. The standard InChI is InChI=1S/C14H21ClN2O2/c1-4-14(5-2,9-15)10-17-13(18)11-6-7-16-8-12(11)19-3/h6-8H,4-5,9-10H2,1-3H3,(H,17,18). The van der Waals surface area contributed by atoms with Crippen LogP contribution in [0.3, 0.4) is 0 Å². The fourth-order valence-electron chi connectivity index (χ4n) is 1.83. The Morgan fingerprint density at radius 1 is 1.47 bits per heavy atom. The highest BCUT2D eigenvalue weighted by Crippen LogP contribution is 2.27. The van der Waals surface area contributed by atoms with Crippen molar-refractivity contribution >= 4 is 17.5 Å². The molecule has 4 nitrogen and oxygen atoms in total. The first-order valence-corrected chi connectivity index (χ1v) is 6.98. The van der Waals surface area contributed by atoms with Crippen molar-refractivity contribution in [3.8, 4) is 5.75 Å². The largest absolute Gasteiger partial charge is 0.494 e. The topological polar surface area (TPSA) is 51.2 Å². The van der Waals surface area contributed by atoms with Gasteiger partial charge in [-0.2, -0.15) is 0 Å². The molecular weight excluding hydrogens is 264 g/mol. The Hall–Kier alpha value is -1.29. The van der Waals surface area contributed by atoms with Crippen LogP contribution >= 0.6 is 11.6 Å². The van der Waals surface area contributed by atoms with Gasteiger partial charge in [-0.1, -0.05) is 13.8 Å². The van der Waals surface area contributed by atoms with Gasteiger partial charge in [0.25, 0.3) is 5.91 Å². The minimum Gasteiger partial charge on any atom is -0.494 e. The van der Waals surface area contributed by atoms with Gasteiger partial charge < -0.3 is 10.1 Å². The van der Waals surface area contributed by atoms with E-state index in [2.05, 4.69) is 24.1 Å². The lowest BCUT2D eigenvalue weighted by Gasteiger charge is -2.29. The van der Waals surface area contributed by atoms with Crippen molar-refractivity contribution < 1.29 is 9.53 Å². The van der Waals surface area contributed by atoms with Crippen molar-refractivity contribution in [3.05, 3.63) is 24.0 Å². The first-order valence-electron chi connectivity index (χ1n) is 6.44. The van der Waals surface area contributed by atoms with Gasteiger partial charge in [-0.25, -0.2) is 0 Å². The van der Waals surface area contributed by atoms with Crippen LogP contribution in [-0.4, -0.2) is 30.4 Å². The quantitative estimate of drug-likeness (QED) is 0.783. The monoisotopic (exact) mass is 284 g/mol. The number of halogens is 1. The summed E-state index contributed by atoms with van der Waals surface area (Å²) in [5.41, 5.74) is 0.450. The lowest BCUT2D eigenvalue weighted by molar-refractivity contribution is 0.0928. The fraction of sp³-hybridized carbons (Fsp3) is 0.571. The Kier molecular flexibility index (Phi) is 6.09. The summed E-state index contributed by atoms with van der Waals surface area (Å²) in [5, 5.41) is 2.94. The number of rotatable bonds is 7. The molecule has 106 valence electrons. The van der Waals surface area contributed by atoms with Crippen LogP contribution in [0, 0.1) is 5.41 Å². The van der Waals surface area contributed by atoms with Crippen LogP contribution in [0.4, 0.5) is 0 Å². The predicted molar refractivity (Wildman–Crippen MR) is 76.9 cm³/mol. The van der Waals surface area contributed by atoms with Gasteiger partial charge in [-0.3, -0.25) is 9.78 Å². The number of methoxy groups -OCH3 is 1. The number of aromatic nitrogens is 1. The lowest BCUT2D eigenvalue weighted by atomic mass is 9.84. The summed E-state index contributed by atoms with van der Waals surface area (Å²) in [6.07, 6.45) is 4.97. The highest BCUT2D eigenvalue weighted by Gasteiger charge is 2.26. The molecule has 0 saturated heterocycles. The molecule has 0 aliphatic rings. The second kappa shape index (κ2) is 7.34. The van der Waals surface area contributed by atoms with Crippen LogP contribution < -0.4 is 10.1 Å². The summed E-state index contributed by atoms with van der Waals surface area (Å²) in [6, 6.07) is 1.65. The van der Waals surface area contributed by atoms with Crippen LogP contribution in [0.2, 0.25) is 0 Å². The Morgan fingerprint density at radius 3 is 2.68 bits per heavy atom. The average Bonchev–Trinajstić information content (AvgIpc) is 2.49. The van der Waals surface area contributed by atoms with Crippen LogP contribution in [0.25, 0.3) is 0 Å². The van der Waals surface area contributed by atoms with Gasteiger partial charge in [0.05, 0.1) is 18.9 Å². The summed E-state index contributed by atoms with van der Waals surface area (Å²) in [5.74, 6) is 0.855. The smallest absolute Gasteiger partial charge is 0.255 e. The number of hydrogen-bond acceptors (Lipinski definition) is 3. The SMILES string of the molecule is CCC(CC)(CCl)CNC(=O)c1ccncc1OC. The highest BCUT2D eigenvalue weighted by atomic mass is 35.5. The molecule has 0 bridgehead atoms. The van der Waals surface area contributed by atoms with E-state index in [4.69, 9.17) is 16.3 Å². The van der Waals surface area contributed by atoms with E-state index in [0.29, 0.717) is 23.7 Å². The molecule has 0 fully saturated rings. The number of carbonyl (C=O) groups excluding carboxylic acids is 1. The summed E-state index contributed by atoms with van der Waals surface area (Å²) in [6.45, 7) is 4.74. The molecule has 0 aliphatic carbocycles. The zero-order valence-electron chi connectivity index (χ0n) is 11.7. The average molecular weight is 285 g/mol. The van der Waals surface area contributed by atoms with Crippen LogP contribution in [0.5, 0.6) is 5.75 Å². The van der Waals surface area contributed by atoms with Crippen molar-refractivity contribution in [1.29, 1.82) is 0 Å². The molecule has 0 aliphatic heterocycles. The first-order chi connectivity index (χ1) is 9.12. The van der Waals surface area contributed by atoms with Crippen molar-refractivity contribution in [1.82, 2.24) is 10.3 Å². The molecule has 1 rings (SSSR count). The van der Waals surface area contributed by atoms with Crippen molar-refractivity contribution in [2.24, 2.45) is 5.41 Å². The zero-order valence-corrected chi connectivity index (χ0v) is 12.5. The fourth-order valence-corrected chi connectivity index (χ4v) is 2.30. The molecule has 1 aromatic heterocycles. The maximum Gasteiger partial charge on any atom is 0.255 e. The van der Waals surface area contributed by atoms with Gasteiger partial charge >= 0.3 is 0 Å². The van der Waals surface area contributed by atoms with Crippen LogP contribution in [-0.2, 0) is 0 Å². The molecule has 0 aromatic carbocycles. The van der Waals surface area contributed by atoms with E-state index in [9.17, 15) is 4.79 Å². The first kappa shape index (κ1) is 15.8. The molecule has 1 N–H and O–H groups in total. The molecule has 1 heterocycles. The third-order valence-electron chi connectivity index (χ3n) is 3.66. The Bertz CT molecular complexity index is 411. The van der Waals surface area contributed by atoms with Gasteiger partial charge in [-0.15, -0.1) is 11.6 Å². The molecule has 0 atom stereocenters. The molecule has 0 unspecified atom stereocenters. The van der Waals surface area contributed by atoms with Gasteiger partial charge in [0.2, 0.25) is 0 Å². The molecule has 5 heteroatoms. The maximum absolute atomic E-state index is 12.2. The minimum absolute atomic E-state index is 0.0442. The lowest BCUT2D eigenvalue weighted by Crippen LogP contribution is -2.38. The van der Waals surface area contributed by atoms with E-state index in [1.54, 1.807) is 12.3 Å². The zero-order chi connectivity index (χ0) is 14.3. The van der Waals surface area contributed by atoms with E-state index in [0.717, 1.165) is 12.8 Å². The van der Waals surface area contributed by atoms with Crippen LogP contribution in [0.1, 0.15) is 37.0 Å². The molecule has 0 spiro atoms. The number of amides is 1. The third kappa shape index (κ3) is 3.83. The third-order valence-corrected chi connectivity index (χ3v) is 4.22. The van der Waals surface area contributed by atoms with Crippen LogP contribution in [0.15, 0.2) is 18.5 Å². The Labute approximate surface area is 119 Å². The number of nitrogens with zero attached hydrogens (tertiary/aromatic N) is 1. The number of carbonyl (C=O) groups is 1. The molecule has 19 heavy (non-hydrogen) atoms. The molecule has 0 radical (unpaired) electrons. The van der Waals surface area contributed by atoms with E-state index in [-0.39, 0.29) is 11.3 Å². The van der Waals surface area contributed by atoms with Gasteiger partial charge in [0.1, 0.15) is 5.75 Å². The number of alkyl halides is 1. The molecular formula is C14H21ClN2O2. The predicted octanol–water partition coefficient (Wildman–Crippen LogP) is 2.87. The Balaban J connectivity index is 2.75. The molecule has 0 saturated carbocycles. The second-order valence-electron chi connectivity index (χ2n) is 4.60. The molecule has 1 aromatic rings.